The fourth-order valence-corrected chi connectivity index (χ4v) is 4.64. The maximum Gasteiger partial charge on any atom is 0.228 e. The zero-order valence-corrected chi connectivity index (χ0v) is 17.8. The van der Waals surface area contributed by atoms with Crippen LogP contribution in [-0.4, -0.2) is 36.9 Å². The van der Waals surface area contributed by atoms with Crippen molar-refractivity contribution in [3.63, 3.8) is 0 Å². The predicted octanol–water partition coefficient (Wildman–Crippen LogP) is 4.44. The van der Waals surface area contributed by atoms with E-state index in [0.29, 0.717) is 35.1 Å². The van der Waals surface area contributed by atoms with E-state index in [-0.39, 0.29) is 29.6 Å². The standard InChI is InChI=1S/C23H23ClF2N2O3/c1-31-20-5-3-15(12-17(20)24)27-22(30)16-13-23(16)6-8-28(9-7-23)21(29)11-14-2-4-18(25)19(26)10-14/h2-5,10,12,16H,6-9,11,13H2,1H3,(H,27,30). The van der Waals surface area contributed by atoms with Gasteiger partial charge in [-0.2, -0.15) is 0 Å². The SMILES string of the molecule is COc1ccc(NC(=O)C2CC23CCN(C(=O)Cc2ccc(F)c(F)c2)CC3)cc1Cl. The summed E-state index contributed by atoms with van der Waals surface area (Å²) in [7, 11) is 1.53. The van der Waals surface area contributed by atoms with Gasteiger partial charge >= 0.3 is 0 Å². The van der Waals surface area contributed by atoms with Gasteiger partial charge < -0.3 is 15.0 Å². The van der Waals surface area contributed by atoms with E-state index in [9.17, 15) is 18.4 Å². The molecule has 0 aromatic heterocycles. The Morgan fingerprint density at radius 1 is 1.16 bits per heavy atom. The van der Waals surface area contributed by atoms with Gasteiger partial charge in [-0.05, 0) is 60.6 Å². The molecule has 1 spiro atoms. The normalized spacial score (nSPS) is 19.2. The molecule has 31 heavy (non-hydrogen) atoms. The molecule has 1 saturated heterocycles. The molecule has 2 fully saturated rings. The number of nitrogens with zero attached hydrogens (tertiary/aromatic N) is 1. The van der Waals surface area contributed by atoms with Crippen LogP contribution in [0, 0.1) is 23.0 Å². The molecule has 5 nitrogen and oxygen atoms in total. The molecular weight excluding hydrogens is 426 g/mol. The van der Waals surface area contributed by atoms with E-state index in [0.717, 1.165) is 31.4 Å². The van der Waals surface area contributed by atoms with Crippen LogP contribution in [0.4, 0.5) is 14.5 Å². The number of piperidine rings is 1. The second-order valence-electron chi connectivity index (χ2n) is 8.26. The summed E-state index contributed by atoms with van der Waals surface area (Å²) < 4.78 is 31.5. The molecule has 1 aliphatic carbocycles. The number of amides is 2. The lowest BCUT2D eigenvalue weighted by atomic mass is 9.90. The molecular formula is C23H23ClF2N2O3. The van der Waals surface area contributed by atoms with Gasteiger partial charge in [0.2, 0.25) is 11.8 Å². The monoisotopic (exact) mass is 448 g/mol. The third-order valence-corrected chi connectivity index (χ3v) is 6.67. The summed E-state index contributed by atoms with van der Waals surface area (Å²) in [6, 6.07) is 8.63. The first-order valence-electron chi connectivity index (χ1n) is 10.2. The van der Waals surface area contributed by atoms with Crippen LogP contribution in [0.2, 0.25) is 5.02 Å². The van der Waals surface area contributed by atoms with Gasteiger partial charge in [0, 0.05) is 24.7 Å². The zero-order chi connectivity index (χ0) is 22.2. The maximum atomic E-state index is 13.4. The molecule has 4 rings (SSSR count). The topological polar surface area (TPSA) is 58.6 Å². The number of carbonyl (C=O) groups excluding carboxylic acids is 2. The molecule has 8 heteroatoms. The third-order valence-electron chi connectivity index (χ3n) is 6.38. The molecule has 1 aliphatic heterocycles. The summed E-state index contributed by atoms with van der Waals surface area (Å²) in [5, 5.41) is 3.35. The highest BCUT2D eigenvalue weighted by Crippen LogP contribution is 2.59. The highest BCUT2D eigenvalue weighted by atomic mass is 35.5. The van der Waals surface area contributed by atoms with Crippen molar-refractivity contribution in [3.8, 4) is 5.75 Å². The summed E-state index contributed by atoms with van der Waals surface area (Å²) in [6.45, 7) is 1.11. The number of carbonyl (C=O) groups is 2. The van der Waals surface area contributed by atoms with E-state index in [1.54, 1.807) is 23.1 Å². The van der Waals surface area contributed by atoms with Crippen molar-refractivity contribution in [1.29, 1.82) is 0 Å². The second kappa shape index (κ2) is 8.46. The molecule has 164 valence electrons. The molecule has 2 aliphatic rings. The lowest BCUT2D eigenvalue weighted by molar-refractivity contribution is -0.132. The smallest absolute Gasteiger partial charge is 0.228 e. The van der Waals surface area contributed by atoms with Gasteiger partial charge in [0.1, 0.15) is 5.75 Å². The minimum atomic E-state index is -0.951. The Hall–Kier alpha value is -2.67. The van der Waals surface area contributed by atoms with E-state index in [1.807, 2.05) is 0 Å². The van der Waals surface area contributed by atoms with E-state index in [1.165, 1.54) is 13.2 Å². The number of halogens is 3. The van der Waals surface area contributed by atoms with E-state index in [4.69, 9.17) is 16.3 Å². The molecule has 0 radical (unpaired) electrons. The first kappa shape index (κ1) is 21.6. The minimum Gasteiger partial charge on any atom is -0.495 e. The number of ether oxygens (including phenoxy) is 1. The molecule has 1 N–H and O–H groups in total. The summed E-state index contributed by atoms with van der Waals surface area (Å²) in [5.41, 5.74) is 1.00. The molecule has 0 bridgehead atoms. The quantitative estimate of drug-likeness (QED) is 0.735. The van der Waals surface area contributed by atoms with Crippen molar-refractivity contribution in [1.82, 2.24) is 4.90 Å². The Morgan fingerprint density at radius 2 is 1.90 bits per heavy atom. The Balaban J connectivity index is 1.29. The number of nitrogens with one attached hydrogen (secondary N) is 1. The number of hydrogen-bond acceptors (Lipinski definition) is 3. The van der Waals surface area contributed by atoms with E-state index < -0.39 is 11.6 Å². The second-order valence-corrected chi connectivity index (χ2v) is 8.67. The summed E-state index contributed by atoms with van der Waals surface area (Å²) in [6.07, 6.45) is 2.33. The van der Waals surface area contributed by atoms with Crippen LogP contribution in [0.3, 0.4) is 0 Å². The van der Waals surface area contributed by atoms with Gasteiger partial charge in [0.15, 0.2) is 11.6 Å². The first-order valence-corrected chi connectivity index (χ1v) is 10.6. The van der Waals surface area contributed by atoms with Crippen LogP contribution in [-0.2, 0) is 16.0 Å². The van der Waals surface area contributed by atoms with Crippen molar-refractivity contribution in [3.05, 3.63) is 58.6 Å². The van der Waals surface area contributed by atoms with Crippen molar-refractivity contribution in [2.24, 2.45) is 11.3 Å². The third kappa shape index (κ3) is 4.51. The van der Waals surface area contributed by atoms with Crippen LogP contribution >= 0.6 is 11.6 Å². The largest absolute Gasteiger partial charge is 0.495 e. The Bertz CT molecular complexity index is 1020. The summed E-state index contributed by atoms with van der Waals surface area (Å²) in [5.74, 6) is -1.57. The van der Waals surface area contributed by atoms with Crippen molar-refractivity contribution in [2.75, 3.05) is 25.5 Å². The van der Waals surface area contributed by atoms with Crippen LogP contribution < -0.4 is 10.1 Å². The number of anilines is 1. The highest BCUT2D eigenvalue weighted by molar-refractivity contribution is 6.32. The minimum absolute atomic E-state index is 0.0341. The van der Waals surface area contributed by atoms with Gasteiger partial charge in [-0.25, -0.2) is 8.78 Å². The fourth-order valence-electron chi connectivity index (χ4n) is 4.38. The number of methoxy groups -OCH3 is 1. The summed E-state index contributed by atoms with van der Waals surface area (Å²) >= 11 is 6.12. The average Bonchev–Trinajstić information content (AvgIpc) is 3.44. The lowest BCUT2D eigenvalue weighted by Gasteiger charge is -2.33. The number of benzene rings is 2. The van der Waals surface area contributed by atoms with Crippen molar-refractivity contribution in [2.45, 2.75) is 25.7 Å². The molecule has 2 aromatic rings. The van der Waals surface area contributed by atoms with Crippen LogP contribution in [0.25, 0.3) is 0 Å². The van der Waals surface area contributed by atoms with Gasteiger partial charge in [-0.1, -0.05) is 17.7 Å². The van der Waals surface area contributed by atoms with Crippen LogP contribution in [0.5, 0.6) is 5.75 Å². The predicted molar refractivity (Wildman–Crippen MR) is 113 cm³/mol. The van der Waals surface area contributed by atoms with Crippen molar-refractivity contribution < 1.29 is 23.1 Å². The molecule has 1 unspecified atom stereocenters. The van der Waals surface area contributed by atoms with Crippen LogP contribution in [0.15, 0.2) is 36.4 Å². The zero-order valence-electron chi connectivity index (χ0n) is 17.1. The van der Waals surface area contributed by atoms with E-state index in [2.05, 4.69) is 5.32 Å². The molecule has 1 atom stereocenters. The lowest BCUT2D eigenvalue weighted by Crippen LogP contribution is -2.41. The number of hydrogen-bond donors (Lipinski definition) is 1. The Morgan fingerprint density at radius 3 is 2.55 bits per heavy atom. The molecule has 1 heterocycles. The van der Waals surface area contributed by atoms with E-state index >= 15 is 0 Å². The molecule has 2 amide bonds. The van der Waals surface area contributed by atoms with Gasteiger partial charge in [0.25, 0.3) is 0 Å². The number of rotatable bonds is 5. The van der Waals surface area contributed by atoms with Crippen molar-refractivity contribution >= 4 is 29.1 Å². The summed E-state index contributed by atoms with van der Waals surface area (Å²) in [4.78, 5) is 27.0. The molecule has 2 aromatic carbocycles. The fraction of sp³-hybridized carbons (Fsp3) is 0.391. The maximum absolute atomic E-state index is 13.4. The Labute approximate surface area is 184 Å². The average molecular weight is 449 g/mol. The molecule has 1 saturated carbocycles. The first-order chi connectivity index (χ1) is 14.8. The van der Waals surface area contributed by atoms with Gasteiger partial charge in [-0.15, -0.1) is 0 Å². The number of likely N-dealkylation sites (tertiary alicyclic amines) is 1. The van der Waals surface area contributed by atoms with Crippen LogP contribution in [0.1, 0.15) is 24.8 Å². The van der Waals surface area contributed by atoms with Gasteiger partial charge in [-0.3, -0.25) is 9.59 Å². The Kier molecular flexibility index (Phi) is 5.88. The van der Waals surface area contributed by atoms with Gasteiger partial charge in [0.05, 0.1) is 18.6 Å². The highest BCUT2D eigenvalue weighted by Gasteiger charge is 2.58.